The molecule has 0 spiro atoms. The molecule has 19 heavy (non-hydrogen) atoms. The smallest absolute Gasteiger partial charge is 0.189 e. The maximum Gasteiger partial charge on any atom is 0.189 e. The number of hydrogen-bond donors (Lipinski definition) is 2. The number of thioether (sulfide) groups is 1. The van der Waals surface area contributed by atoms with Crippen LogP contribution in [0.2, 0.25) is 0 Å². The number of nitrogens with zero attached hydrogens (tertiary/aromatic N) is 2. The monoisotopic (exact) mass is 277 g/mol. The first-order valence-electron chi connectivity index (χ1n) is 5.51. The molecule has 0 aliphatic heterocycles. The molecule has 0 radical (unpaired) electrons. The van der Waals surface area contributed by atoms with Crippen LogP contribution in [0.1, 0.15) is 11.3 Å². The fourth-order valence-corrected chi connectivity index (χ4v) is 2.48. The van der Waals surface area contributed by atoms with Crippen LogP contribution in [0.25, 0.3) is 0 Å². The van der Waals surface area contributed by atoms with Crippen molar-refractivity contribution < 1.29 is 9.60 Å². The molecule has 4 nitrogen and oxygen atoms in total. The molecule has 1 aromatic carbocycles. The Hall–Kier alpha value is -2.08. The van der Waals surface area contributed by atoms with Crippen molar-refractivity contribution in [3.63, 3.8) is 0 Å². The molecular weight excluding hydrogens is 265 g/mol. The highest BCUT2D eigenvalue weighted by molar-refractivity contribution is 7.98. The number of nitrogens with two attached hydrogens (primary N) is 1. The minimum atomic E-state index is -0.271. The Bertz CT molecular complexity index is 604. The molecule has 0 saturated heterocycles. The summed E-state index contributed by atoms with van der Waals surface area (Å²) in [5, 5.41) is 11.7. The summed E-state index contributed by atoms with van der Waals surface area (Å²) >= 11 is 1.46. The molecule has 0 unspecified atom stereocenters. The molecule has 6 heteroatoms. The van der Waals surface area contributed by atoms with Crippen LogP contribution in [-0.2, 0) is 5.75 Å². The van der Waals surface area contributed by atoms with Crippen LogP contribution in [0.3, 0.4) is 0 Å². The minimum absolute atomic E-state index is 0.0320. The van der Waals surface area contributed by atoms with Gasteiger partial charge in [0.1, 0.15) is 11.5 Å². The molecular formula is C13H12FN3OS. The Kier molecular flexibility index (Phi) is 4.35. The van der Waals surface area contributed by atoms with Gasteiger partial charge >= 0.3 is 0 Å². The second kappa shape index (κ2) is 6.19. The van der Waals surface area contributed by atoms with Crippen LogP contribution in [0.4, 0.5) is 4.39 Å². The molecule has 2 rings (SSSR count). The van der Waals surface area contributed by atoms with Crippen molar-refractivity contribution in [1.29, 1.82) is 0 Å². The van der Waals surface area contributed by atoms with Gasteiger partial charge < -0.3 is 10.9 Å². The van der Waals surface area contributed by atoms with Crippen molar-refractivity contribution in [2.75, 3.05) is 0 Å². The molecule has 0 saturated carbocycles. The Morgan fingerprint density at radius 3 is 2.95 bits per heavy atom. The summed E-state index contributed by atoms with van der Waals surface area (Å²) in [7, 11) is 0. The topological polar surface area (TPSA) is 71.5 Å². The van der Waals surface area contributed by atoms with Crippen LogP contribution in [0.15, 0.2) is 52.6 Å². The van der Waals surface area contributed by atoms with Gasteiger partial charge in [0.05, 0.1) is 0 Å². The van der Waals surface area contributed by atoms with E-state index in [0.29, 0.717) is 11.4 Å². The Balaban J connectivity index is 2.16. The third-order valence-corrected chi connectivity index (χ3v) is 3.47. The Labute approximate surface area is 114 Å². The molecule has 0 aliphatic rings. The van der Waals surface area contributed by atoms with Gasteiger partial charge in [-0.3, -0.25) is 4.98 Å². The molecule has 0 fully saturated rings. The quantitative estimate of drug-likeness (QED) is 0.296. The van der Waals surface area contributed by atoms with E-state index in [9.17, 15) is 4.39 Å². The predicted molar refractivity (Wildman–Crippen MR) is 72.7 cm³/mol. The zero-order valence-electron chi connectivity index (χ0n) is 9.95. The van der Waals surface area contributed by atoms with Crippen molar-refractivity contribution in [2.24, 2.45) is 10.9 Å². The third-order valence-electron chi connectivity index (χ3n) is 2.43. The Morgan fingerprint density at radius 2 is 2.21 bits per heavy atom. The van der Waals surface area contributed by atoms with Gasteiger partial charge in [0.2, 0.25) is 0 Å². The average molecular weight is 277 g/mol. The van der Waals surface area contributed by atoms with E-state index >= 15 is 0 Å². The van der Waals surface area contributed by atoms with Crippen LogP contribution in [0.5, 0.6) is 0 Å². The lowest BCUT2D eigenvalue weighted by Gasteiger charge is -2.06. The van der Waals surface area contributed by atoms with E-state index in [2.05, 4.69) is 10.1 Å². The molecule has 1 heterocycles. The predicted octanol–water partition coefficient (Wildman–Crippen LogP) is 2.61. The summed E-state index contributed by atoms with van der Waals surface area (Å²) in [6.45, 7) is 0. The van der Waals surface area contributed by atoms with Crippen LogP contribution >= 0.6 is 11.8 Å². The van der Waals surface area contributed by atoms with Crippen molar-refractivity contribution in [3.8, 4) is 0 Å². The number of amidine groups is 1. The summed E-state index contributed by atoms with van der Waals surface area (Å²) in [5.41, 5.74) is 6.82. The first kappa shape index (κ1) is 13.4. The summed E-state index contributed by atoms with van der Waals surface area (Å²) in [6, 6.07) is 9.96. The van der Waals surface area contributed by atoms with Crippen molar-refractivity contribution >= 4 is 17.6 Å². The lowest BCUT2D eigenvalue weighted by molar-refractivity contribution is 0.318. The fraction of sp³-hybridized carbons (Fsp3) is 0.0769. The molecule has 0 bridgehead atoms. The van der Waals surface area contributed by atoms with Crippen LogP contribution in [0, 0.1) is 5.82 Å². The normalized spacial score (nSPS) is 11.5. The minimum Gasteiger partial charge on any atom is -0.409 e. The molecule has 2 aromatic rings. The highest BCUT2D eigenvalue weighted by Gasteiger charge is 2.08. The number of oxime groups is 1. The van der Waals surface area contributed by atoms with Gasteiger partial charge in [-0.15, -0.1) is 11.8 Å². The fourth-order valence-electron chi connectivity index (χ4n) is 1.55. The Morgan fingerprint density at radius 1 is 1.37 bits per heavy atom. The van der Waals surface area contributed by atoms with E-state index in [-0.39, 0.29) is 11.7 Å². The van der Waals surface area contributed by atoms with Gasteiger partial charge in [-0.25, -0.2) is 4.39 Å². The number of pyridine rings is 1. The molecule has 3 N–H and O–H groups in total. The second-order valence-corrected chi connectivity index (χ2v) is 4.79. The molecule has 98 valence electrons. The number of halogens is 1. The highest BCUT2D eigenvalue weighted by Crippen LogP contribution is 2.24. The van der Waals surface area contributed by atoms with Gasteiger partial charge in [0.25, 0.3) is 0 Å². The molecule has 0 amide bonds. The van der Waals surface area contributed by atoms with E-state index in [1.807, 2.05) is 12.1 Å². The number of aromatic nitrogens is 1. The number of hydrogen-bond acceptors (Lipinski definition) is 4. The number of rotatable bonds is 4. The largest absolute Gasteiger partial charge is 0.409 e. The number of benzene rings is 1. The van der Waals surface area contributed by atoms with E-state index in [0.717, 1.165) is 10.5 Å². The van der Waals surface area contributed by atoms with Crippen molar-refractivity contribution in [2.45, 2.75) is 10.6 Å². The van der Waals surface area contributed by atoms with E-state index in [4.69, 9.17) is 10.9 Å². The third kappa shape index (κ3) is 3.45. The van der Waals surface area contributed by atoms with Gasteiger partial charge in [-0.05, 0) is 29.8 Å². The summed E-state index contributed by atoms with van der Waals surface area (Å²) in [5.74, 6) is 0.256. The maximum atomic E-state index is 13.1. The van der Waals surface area contributed by atoms with E-state index in [1.165, 1.54) is 23.9 Å². The molecule has 0 aliphatic carbocycles. The SMILES string of the molecule is NC(=NO)c1ncccc1CSc1cccc(F)c1. The van der Waals surface area contributed by atoms with Crippen molar-refractivity contribution in [3.05, 3.63) is 59.7 Å². The van der Waals surface area contributed by atoms with Gasteiger partial charge in [0, 0.05) is 16.8 Å². The maximum absolute atomic E-state index is 13.1. The van der Waals surface area contributed by atoms with Crippen LogP contribution in [-0.4, -0.2) is 16.0 Å². The lowest BCUT2D eigenvalue weighted by atomic mass is 10.2. The second-order valence-electron chi connectivity index (χ2n) is 3.74. The average Bonchev–Trinajstić information content (AvgIpc) is 2.45. The van der Waals surface area contributed by atoms with Gasteiger partial charge in [-0.1, -0.05) is 17.3 Å². The molecule has 1 aromatic heterocycles. The molecule has 0 atom stereocenters. The van der Waals surface area contributed by atoms with Crippen molar-refractivity contribution in [1.82, 2.24) is 4.98 Å². The summed E-state index contributed by atoms with van der Waals surface area (Å²) < 4.78 is 13.1. The van der Waals surface area contributed by atoms with Gasteiger partial charge in [0.15, 0.2) is 5.84 Å². The summed E-state index contributed by atoms with van der Waals surface area (Å²) in [4.78, 5) is 4.89. The van der Waals surface area contributed by atoms with E-state index < -0.39 is 0 Å². The van der Waals surface area contributed by atoms with Crippen LogP contribution < -0.4 is 5.73 Å². The first-order valence-corrected chi connectivity index (χ1v) is 6.49. The first-order chi connectivity index (χ1) is 9.20. The lowest BCUT2D eigenvalue weighted by Crippen LogP contribution is -2.17. The highest BCUT2D eigenvalue weighted by atomic mass is 32.2. The zero-order chi connectivity index (χ0) is 13.7. The zero-order valence-corrected chi connectivity index (χ0v) is 10.8. The standard InChI is InChI=1S/C13H12FN3OS/c14-10-4-1-5-11(7-10)19-8-9-3-2-6-16-12(9)13(15)17-18/h1-7,18H,8H2,(H2,15,17). The van der Waals surface area contributed by atoms with E-state index in [1.54, 1.807) is 18.3 Å². The summed E-state index contributed by atoms with van der Waals surface area (Å²) in [6.07, 6.45) is 1.57. The van der Waals surface area contributed by atoms with Gasteiger partial charge in [-0.2, -0.15) is 0 Å².